The highest BCUT2D eigenvalue weighted by atomic mass is 15.3. The molecule has 0 bridgehead atoms. The summed E-state index contributed by atoms with van der Waals surface area (Å²) >= 11 is 0. The third-order valence-electron chi connectivity index (χ3n) is 3.56. The number of hydrogen-bond acceptors (Lipinski definition) is 2. The molecule has 0 unspecified atom stereocenters. The standard InChI is InChI=1S/C16H21N3/c1-11-6-12(2)8-13(7-11)16-14(10-19(3)18-16)9-17-15-4-5-15/h6-8,10,15,17H,4-5,9H2,1-3H3. The van der Waals surface area contributed by atoms with Crippen LogP contribution in [0.3, 0.4) is 0 Å². The average molecular weight is 255 g/mol. The van der Waals surface area contributed by atoms with Crippen LogP contribution in [-0.4, -0.2) is 15.8 Å². The Bertz CT molecular complexity index is 574. The number of benzene rings is 1. The van der Waals surface area contributed by atoms with Crippen LogP contribution in [-0.2, 0) is 13.6 Å². The first kappa shape index (κ1) is 12.4. The minimum Gasteiger partial charge on any atom is -0.310 e. The topological polar surface area (TPSA) is 29.9 Å². The van der Waals surface area contributed by atoms with Crippen molar-refractivity contribution in [3.8, 4) is 11.3 Å². The van der Waals surface area contributed by atoms with Crippen LogP contribution in [0.4, 0.5) is 0 Å². The summed E-state index contributed by atoms with van der Waals surface area (Å²) in [4.78, 5) is 0. The van der Waals surface area contributed by atoms with Crippen LogP contribution in [0.5, 0.6) is 0 Å². The van der Waals surface area contributed by atoms with Gasteiger partial charge >= 0.3 is 0 Å². The van der Waals surface area contributed by atoms with Crippen molar-refractivity contribution in [1.82, 2.24) is 15.1 Å². The maximum Gasteiger partial charge on any atom is 0.0968 e. The molecule has 0 radical (unpaired) electrons. The van der Waals surface area contributed by atoms with Crippen LogP contribution >= 0.6 is 0 Å². The smallest absolute Gasteiger partial charge is 0.0968 e. The second kappa shape index (κ2) is 4.82. The molecule has 2 aromatic rings. The zero-order valence-electron chi connectivity index (χ0n) is 11.9. The highest BCUT2D eigenvalue weighted by molar-refractivity contribution is 5.64. The molecule has 0 spiro atoms. The van der Waals surface area contributed by atoms with E-state index in [4.69, 9.17) is 0 Å². The Morgan fingerprint density at radius 2 is 1.89 bits per heavy atom. The van der Waals surface area contributed by atoms with Gasteiger partial charge in [-0.05, 0) is 38.8 Å². The van der Waals surface area contributed by atoms with Gasteiger partial charge in [0.15, 0.2) is 0 Å². The molecule has 1 heterocycles. The van der Waals surface area contributed by atoms with Gasteiger partial charge in [0, 0.05) is 37.0 Å². The first-order chi connectivity index (χ1) is 9.11. The minimum atomic E-state index is 0.729. The van der Waals surface area contributed by atoms with Crippen molar-refractivity contribution < 1.29 is 0 Å². The molecular weight excluding hydrogens is 234 g/mol. The summed E-state index contributed by atoms with van der Waals surface area (Å²) in [6.45, 7) is 5.20. The lowest BCUT2D eigenvalue weighted by Crippen LogP contribution is -2.15. The van der Waals surface area contributed by atoms with Crippen LogP contribution in [0.1, 0.15) is 29.5 Å². The molecule has 0 atom stereocenters. The van der Waals surface area contributed by atoms with Gasteiger partial charge in [-0.15, -0.1) is 0 Å². The van der Waals surface area contributed by atoms with Gasteiger partial charge in [0.1, 0.15) is 0 Å². The number of rotatable bonds is 4. The molecule has 0 aliphatic heterocycles. The molecule has 3 nitrogen and oxygen atoms in total. The number of aromatic nitrogens is 2. The Labute approximate surface area is 114 Å². The summed E-state index contributed by atoms with van der Waals surface area (Å²) in [5.74, 6) is 0. The van der Waals surface area contributed by atoms with Crippen molar-refractivity contribution >= 4 is 0 Å². The zero-order valence-corrected chi connectivity index (χ0v) is 11.9. The molecule has 3 rings (SSSR count). The molecule has 19 heavy (non-hydrogen) atoms. The summed E-state index contributed by atoms with van der Waals surface area (Å²) in [5.41, 5.74) is 6.22. The maximum absolute atomic E-state index is 4.64. The molecule has 1 aromatic heterocycles. The fraction of sp³-hybridized carbons (Fsp3) is 0.438. The highest BCUT2D eigenvalue weighted by Gasteiger charge is 2.21. The predicted molar refractivity (Wildman–Crippen MR) is 78.0 cm³/mol. The van der Waals surface area contributed by atoms with E-state index in [9.17, 15) is 0 Å². The lowest BCUT2D eigenvalue weighted by Gasteiger charge is -2.06. The van der Waals surface area contributed by atoms with E-state index in [1.54, 1.807) is 0 Å². The average Bonchev–Trinajstić information content (AvgIpc) is 3.08. The molecule has 1 aliphatic carbocycles. The fourth-order valence-corrected chi connectivity index (χ4v) is 2.56. The van der Waals surface area contributed by atoms with E-state index in [1.165, 1.54) is 35.1 Å². The first-order valence-electron chi connectivity index (χ1n) is 6.96. The summed E-state index contributed by atoms with van der Waals surface area (Å²) in [5, 5.41) is 8.21. The Morgan fingerprint density at radius 3 is 2.53 bits per heavy atom. The van der Waals surface area contributed by atoms with Gasteiger partial charge in [0.25, 0.3) is 0 Å². The normalized spacial score (nSPS) is 14.9. The molecule has 0 amide bonds. The Balaban J connectivity index is 1.93. The van der Waals surface area contributed by atoms with Crippen LogP contribution in [0, 0.1) is 13.8 Å². The maximum atomic E-state index is 4.64. The second-order valence-corrected chi connectivity index (χ2v) is 5.71. The van der Waals surface area contributed by atoms with Gasteiger partial charge < -0.3 is 5.32 Å². The summed E-state index contributed by atoms with van der Waals surface area (Å²) < 4.78 is 1.91. The van der Waals surface area contributed by atoms with Crippen molar-refractivity contribution in [3.63, 3.8) is 0 Å². The molecule has 1 aromatic carbocycles. The zero-order chi connectivity index (χ0) is 13.4. The van der Waals surface area contributed by atoms with Crippen molar-refractivity contribution in [2.45, 2.75) is 39.3 Å². The quantitative estimate of drug-likeness (QED) is 0.910. The number of hydrogen-bond donors (Lipinski definition) is 1. The van der Waals surface area contributed by atoms with E-state index in [-0.39, 0.29) is 0 Å². The van der Waals surface area contributed by atoms with Crippen LogP contribution in [0.15, 0.2) is 24.4 Å². The van der Waals surface area contributed by atoms with E-state index in [2.05, 4.69) is 48.7 Å². The van der Waals surface area contributed by atoms with E-state index in [0.717, 1.165) is 18.3 Å². The van der Waals surface area contributed by atoms with Crippen LogP contribution in [0.25, 0.3) is 11.3 Å². The summed E-state index contributed by atoms with van der Waals surface area (Å²) in [6, 6.07) is 7.37. The van der Waals surface area contributed by atoms with Crippen LogP contribution < -0.4 is 5.32 Å². The molecule has 1 fully saturated rings. The Morgan fingerprint density at radius 1 is 1.21 bits per heavy atom. The Kier molecular flexibility index (Phi) is 3.15. The van der Waals surface area contributed by atoms with Crippen molar-refractivity contribution in [3.05, 3.63) is 41.1 Å². The third kappa shape index (κ3) is 2.87. The lowest BCUT2D eigenvalue weighted by molar-refractivity contribution is 0.687. The molecule has 1 saturated carbocycles. The number of nitrogens with zero attached hydrogens (tertiary/aromatic N) is 2. The molecule has 1 N–H and O–H groups in total. The SMILES string of the molecule is Cc1cc(C)cc(-c2nn(C)cc2CNC2CC2)c1. The van der Waals surface area contributed by atoms with Gasteiger partial charge in [-0.25, -0.2) is 0 Å². The summed E-state index contributed by atoms with van der Waals surface area (Å²) in [6.07, 6.45) is 4.76. The lowest BCUT2D eigenvalue weighted by atomic mass is 10.0. The number of nitrogens with one attached hydrogen (secondary N) is 1. The highest BCUT2D eigenvalue weighted by Crippen LogP contribution is 2.26. The largest absolute Gasteiger partial charge is 0.310 e. The minimum absolute atomic E-state index is 0.729. The predicted octanol–water partition coefficient (Wildman–Crippen LogP) is 2.96. The van der Waals surface area contributed by atoms with E-state index >= 15 is 0 Å². The molecular formula is C16H21N3. The van der Waals surface area contributed by atoms with E-state index in [0.29, 0.717) is 0 Å². The number of aryl methyl sites for hydroxylation is 3. The van der Waals surface area contributed by atoms with Crippen molar-refractivity contribution in [1.29, 1.82) is 0 Å². The van der Waals surface area contributed by atoms with Gasteiger partial charge in [-0.1, -0.05) is 17.2 Å². The van der Waals surface area contributed by atoms with Gasteiger partial charge in [-0.2, -0.15) is 5.10 Å². The second-order valence-electron chi connectivity index (χ2n) is 5.71. The monoisotopic (exact) mass is 255 g/mol. The van der Waals surface area contributed by atoms with E-state index < -0.39 is 0 Å². The van der Waals surface area contributed by atoms with Gasteiger partial charge in [0.2, 0.25) is 0 Å². The van der Waals surface area contributed by atoms with Crippen molar-refractivity contribution in [2.24, 2.45) is 7.05 Å². The van der Waals surface area contributed by atoms with Crippen LogP contribution in [0.2, 0.25) is 0 Å². The molecule has 1 aliphatic rings. The summed E-state index contributed by atoms with van der Waals surface area (Å²) in [7, 11) is 1.99. The van der Waals surface area contributed by atoms with E-state index in [1.807, 2.05) is 11.7 Å². The first-order valence-corrected chi connectivity index (χ1v) is 6.96. The Hall–Kier alpha value is -1.61. The van der Waals surface area contributed by atoms with Gasteiger partial charge in [0.05, 0.1) is 5.69 Å². The molecule has 3 heteroatoms. The fourth-order valence-electron chi connectivity index (χ4n) is 2.56. The van der Waals surface area contributed by atoms with Crippen molar-refractivity contribution in [2.75, 3.05) is 0 Å². The molecule has 100 valence electrons. The van der Waals surface area contributed by atoms with Gasteiger partial charge in [-0.3, -0.25) is 4.68 Å². The third-order valence-corrected chi connectivity index (χ3v) is 3.56. The molecule has 0 saturated heterocycles.